The molecule has 0 aliphatic carbocycles. The standard InChI is InChI=1S/C15H20N4O2.ClH/c1-3-16-8-9-17-14(20)10-13-11-6-4-5-7-12(11)15(21)19(2)18-13;/h4-7,16H,3,8-10H2,1-2H3,(H,17,20);1H. The molecule has 120 valence electrons. The molecule has 0 bridgehead atoms. The van der Waals surface area contributed by atoms with Gasteiger partial charge in [0.25, 0.3) is 5.56 Å². The van der Waals surface area contributed by atoms with Crippen LogP contribution in [0, 0.1) is 0 Å². The number of aryl methyl sites for hydroxylation is 1. The lowest BCUT2D eigenvalue weighted by atomic mass is 10.1. The Morgan fingerprint density at radius 1 is 1.23 bits per heavy atom. The highest BCUT2D eigenvalue weighted by Gasteiger charge is 2.11. The van der Waals surface area contributed by atoms with Crippen molar-refractivity contribution in [3.63, 3.8) is 0 Å². The molecule has 0 saturated heterocycles. The Morgan fingerprint density at radius 2 is 1.91 bits per heavy atom. The van der Waals surface area contributed by atoms with Crippen LogP contribution in [0.15, 0.2) is 29.1 Å². The van der Waals surface area contributed by atoms with Crippen LogP contribution in [0.3, 0.4) is 0 Å². The fourth-order valence-corrected chi connectivity index (χ4v) is 2.19. The zero-order valence-corrected chi connectivity index (χ0v) is 13.6. The van der Waals surface area contributed by atoms with Gasteiger partial charge < -0.3 is 10.6 Å². The summed E-state index contributed by atoms with van der Waals surface area (Å²) in [6.45, 7) is 4.21. The molecule has 0 fully saturated rings. The molecule has 1 aromatic heterocycles. The van der Waals surface area contributed by atoms with E-state index in [-0.39, 0.29) is 30.3 Å². The third-order valence-electron chi connectivity index (χ3n) is 3.23. The number of aromatic nitrogens is 2. The zero-order chi connectivity index (χ0) is 15.2. The topological polar surface area (TPSA) is 76.0 Å². The first kappa shape index (κ1) is 18.1. The van der Waals surface area contributed by atoms with Crippen molar-refractivity contribution in [2.45, 2.75) is 13.3 Å². The van der Waals surface area contributed by atoms with Gasteiger partial charge >= 0.3 is 0 Å². The summed E-state index contributed by atoms with van der Waals surface area (Å²) >= 11 is 0. The van der Waals surface area contributed by atoms with Gasteiger partial charge in [-0.05, 0) is 12.6 Å². The Labute approximate surface area is 135 Å². The van der Waals surface area contributed by atoms with Gasteiger partial charge in [0, 0.05) is 25.5 Å². The van der Waals surface area contributed by atoms with Crippen LogP contribution in [0.2, 0.25) is 0 Å². The van der Waals surface area contributed by atoms with Crippen molar-refractivity contribution in [3.05, 3.63) is 40.3 Å². The fourth-order valence-electron chi connectivity index (χ4n) is 2.19. The van der Waals surface area contributed by atoms with Crippen LogP contribution in [0.1, 0.15) is 12.6 Å². The summed E-state index contributed by atoms with van der Waals surface area (Å²) in [6, 6.07) is 7.23. The van der Waals surface area contributed by atoms with Crippen LogP contribution in [-0.4, -0.2) is 35.3 Å². The number of benzene rings is 1. The number of carbonyl (C=O) groups excluding carboxylic acids is 1. The van der Waals surface area contributed by atoms with Crippen molar-refractivity contribution in [2.75, 3.05) is 19.6 Å². The highest BCUT2D eigenvalue weighted by molar-refractivity contribution is 5.88. The Balaban J connectivity index is 0.00000242. The van der Waals surface area contributed by atoms with Gasteiger partial charge in [-0.15, -0.1) is 12.4 Å². The molecule has 0 aliphatic rings. The Hall–Kier alpha value is -1.92. The van der Waals surface area contributed by atoms with Gasteiger partial charge in [-0.25, -0.2) is 4.68 Å². The number of amides is 1. The molecule has 7 heteroatoms. The van der Waals surface area contributed by atoms with Crippen molar-refractivity contribution < 1.29 is 4.79 Å². The average Bonchev–Trinajstić information content (AvgIpc) is 2.49. The highest BCUT2D eigenvalue weighted by Crippen LogP contribution is 2.13. The normalized spacial score (nSPS) is 10.3. The number of rotatable bonds is 6. The van der Waals surface area contributed by atoms with Crippen LogP contribution in [0.4, 0.5) is 0 Å². The van der Waals surface area contributed by atoms with E-state index in [4.69, 9.17) is 0 Å². The molecule has 0 unspecified atom stereocenters. The van der Waals surface area contributed by atoms with E-state index in [0.717, 1.165) is 18.5 Å². The molecule has 2 N–H and O–H groups in total. The van der Waals surface area contributed by atoms with E-state index < -0.39 is 0 Å². The van der Waals surface area contributed by atoms with E-state index in [9.17, 15) is 9.59 Å². The van der Waals surface area contributed by atoms with Gasteiger partial charge in [0.2, 0.25) is 5.91 Å². The minimum atomic E-state index is -0.151. The average molecular weight is 325 g/mol. The van der Waals surface area contributed by atoms with Gasteiger partial charge in [-0.3, -0.25) is 9.59 Å². The van der Waals surface area contributed by atoms with E-state index in [1.807, 2.05) is 25.1 Å². The second kappa shape index (κ2) is 8.51. The Kier molecular flexibility index (Phi) is 7.01. The predicted molar refractivity (Wildman–Crippen MR) is 89.5 cm³/mol. The van der Waals surface area contributed by atoms with E-state index in [2.05, 4.69) is 15.7 Å². The summed E-state index contributed by atoms with van der Waals surface area (Å²) < 4.78 is 1.28. The van der Waals surface area contributed by atoms with Gasteiger partial charge in [0.15, 0.2) is 0 Å². The lowest BCUT2D eigenvalue weighted by Crippen LogP contribution is -2.33. The number of hydrogen-bond acceptors (Lipinski definition) is 4. The molecule has 0 spiro atoms. The number of halogens is 1. The largest absolute Gasteiger partial charge is 0.354 e. The summed E-state index contributed by atoms with van der Waals surface area (Å²) in [4.78, 5) is 24.0. The van der Waals surface area contributed by atoms with Crippen molar-refractivity contribution in [2.24, 2.45) is 7.05 Å². The molecular formula is C15H21ClN4O2. The lowest BCUT2D eigenvalue weighted by molar-refractivity contribution is -0.120. The summed E-state index contributed by atoms with van der Waals surface area (Å²) in [7, 11) is 1.60. The first-order valence-corrected chi connectivity index (χ1v) is 7.05. The monoisotopic (exact) mass is 324 g/mol. The minimum Gasteiger partial charge on any atom is -0.354 e. The molecule has 2 aromatic rings. The van der Waals surface area contributed by atoms with Crippen LogP contribution in [0.5, 0.6) is 0 Å². The lowest BCUT2D eigenvalue weighted by Gasteiger charge is -2.09. The number of fused-ring (bicyclic) bond motifs is 1. The number of nitrogens with one attached hydrogen (secondary N) is 2. The third-order valence-corrected chi connectivity index (χ3v) is 3.23. The third kappa shape index (κ3) is 4.29. The molecule has 1 heterocycles. The van der Waals surface area contributed by atoms with Crippen molar-refractivity contribution in [1.82, 2.24) is 20.4 Å². The molecule has 1 aromatic carbocycles. The number of likely N-dealkylation sites (N-methyl/N-ethyl adjacent to an activating group) is 1. The van der Waals surface area contributed by atoms with Crippen LogP contribution in [0.25, 0.3) is 10.8 Å². The maximum Gasteiger partial charge on any atom is 0.274 e. The van der Waals surface area contributed by atoms with Gasteiger partial charge in [-0.2, -0.15) is 5.10 Å². The van der Waals surface area contributed by atoms with E-state index in [1.165, 1.54) is 4.68 Å². The van der Waals surface area contributed by atoms with Crippen LogP contribution < -0.4 is 16.2 Å². The summed E-state index contributed by atoms with van der Waals surface area (Å²) in [5.41, 5.74) is 0.468. The van der Waals surface area contributed by atoms with E-state index in [1.54, 1.807) is 13.1 Å². The second-order valence-corrected chi connectivity index (χ2v) is 4.80. The molecule has 0 radical (unpaired) electrons. The Bertz CT molecular complexity index is 699. The van der Waals surface area contributed by atoms with E-state index >= 15 is 0 Å². The highest BCUT2D eigenvalue weighted by atomic mass is 35.5. The SMILES string of the molecule is CCNCCNC(=O)Cc1nn(C)c(=O)c2ccccc12.Cl. The minimum absolute atomic E-state index is 0. The molecule has 1 amide bonds. The zero-order valence-electron chi connectivity index (χ0n) is 12.8. The van der Waals surface area contributed by atoms with Crippen molar-refractivity contribution >= 4 is 29.1 Å². The molecule has 2 rings (SSSR count). The van der Waals surface area contributed by atoms with Gasteiger partial charge in [0.05, 0.1) is 17.5 Å². The Morgan fingerprint density at radius 3 is 2.59 bits per heavy atom. The number of hydrogen-bond donors (Lipinski definition) is 2. The molecule has 0 aliphatic heterocycles. The molecule has 22 heavy (non-hydrogen) atoms. The molecule has 0 atom stereocenters. The maximum absolute atomic E-state index is 12.0. The second-order valence-electron chi connectivity index (χ2n) is 4.80. The predicted octanol–water partition coefficient (Wildman–Crippen LogP) is 0.624. The quantitative estimate of drug-likeness (QED) is 0.764. The van der Waals surface area contributed by atoms with Crippen molar-refractivity contribution in [3.8, 4) is 0 Å². The number of carbonyl (C=O) groups is 1. The maximum atomic E-state index is 12.0. The molecular weight excluding hydrogens is 304 g/mol. The van der Waals surface area contributed by atoms with Crippen molar-refractivity contribution in [1.29, 1.82) is 0 Å². The van der Waals surface area contributed by atoms with Gasteiger partial charge in [0.1, 0.15) is 0 Å². The van der Waals surface area contributed by atoms with E-state index in [0.29, 0.717) is 17.6 Å². The molecule has 0 saturated carbocycles. The first-order chi connectivity index (χ1) is 10.1. The number of nitrogens with zero attached hydrogens (tertiary/aromatic N) is 2. The first-order valence-electron chi connectivity index (χ1n) is 7.05. The van der Waals surface area contributed by atoms with Gasteiger partial charge in [-0.1, -0.05) is 25.1 Å². The van der Waals surface area contributed by atoms with Crippen LogP contribution in [-0.2, 0) is 18.3 Å². The van der Waals surface area contributed by atoms with Crippen LogP contribution >= 0.6 is 12.4 Å². The smallest absolute Gasteiger partial charge is 0.274 e. The summed E-state index contributed by atoms with van der Waals surface area (Å²) in [5.74, 6) is -0.0933. The summed E-state index contributed by atoms with van der Waals surface area (Å²) in [5, 5.41) is 11.5. The fraction of sp³-hybridized carbons (Fsp3) is 0.400. The summed E-state index contributed by atoms with van der Waals surface area (Å²) in [6.07, 6.45) is 0.167. The molecule has 6 nitrogen and oxygen atoms in total.